The van der Waals surface area contributed by atoms with Crippen molar-refractivity contribution >= 4 is 22.5 Å². The predicted octanol–water partition coefficient (Wildman–Crippen LogP) is 5.14. The summed E-state index contributed by atoms with van der Waals surface area (Å²) in [6, 6.07) is 16.3. The van der Waals surface area contributed by atoms with Gasteiger partial charge < -0.3 is 15.2 Å². The lowest BCUT2D eigenvalue weighted by Crippen LogP contribution is -2.47. The molecular weight excluding hydrogens is 448 g/mol. The Morgan fingerprint density at radius 2 is 1.97 bits per heavy atom. The van der Waals surface area contributed by atoms with E-state index in [4.69, 9.17) is 0 Å². The van der Waals surface area contributed by atoms with Gasteiger partial charge in [-0.05, 0) is 54.2 Å². The fourth-order valence-electron chi connectivity index (χ4n) is 4.99. The van der Waals surface area contributed by atoms with Crippen molar-refractivity contribution < 1.29 is 4.79 Å². The molecule has 0 unspecified atom stereocenters. The van der Waals surface area contributed by atoms with Crippen molar-refractivity contribution in [1.29, 1.82) is 5.26 Å². The van der Waals surface area contributed by atoms with Crippen LogP contribution in [0.3, 0.4) is 0 Å². The lowest BCUT2D eigenvalue weighted by molar-refractivity contribution is 0.0933. The molecule has 0 saturated carbocycles. The van der Waals surface area contributed by atoms with Crippen LogP contribution in [0.25, 0.3) is 22.2 Å². The number of fused-ring (bicyclic) bond motifs is 1. The minimum Gasteiger partial charge on any atom is -0.369 e. The summed E-state index contributed by atoms with van der Waals surface area (Å²) in [7, 11) is 1.89. The van der Waals surface area contributed by atoms with Crippen molar-refractivity contribution in [2.24, 2.45) is 7.05 Å². The number of nitrogens with zero attached hydrogens (tertiary/aromatic N) is 4. The molecule has 1 amide bonds. The van der Waals surface area contributed by atoms with E-state index in [9.17, 15) is 10.1 Å². The monoisotopic (exact) mass is 480 g/mol. The Kier molecular flexibility index (Phi) is 6.05. The standard InChI is InChI=1S/C29H32N6O/c1-29(2,3)22-10-7-19(8-11-22)28(36)32-23-6-5-13-35(18-23)26-12-9-20(15-30)27-24(26)14-25(33-27)21-16-31-34(4)17-21/h7-12,14,16-17,23,33H,5-6,13,18H2,1-4H3,(H,32,36)/t23-/m1/s1. The van der Waals surface area contributed by atoms with Crippen LogP contribution in [0.5, 0.6) is 0 Å². The van der Waals surface area contributed by atoms with Gasteiger partial charge in [-0.25, -0.2) is 0 Å². The molecule has 2 N–H and O–H groups in total. The van der Waals surface area contributed by atoms with E-state index < -0.39 is 0 Å². The first-order chi connectivity index (χ1) is 17.2. The van der Waals surface area contributed by atoms with Gasteiger partial charge in [-0.2, -0.15) is 10.4 Å². The average molecular weight is 481 g/mol. The number of aromatic nitrogens is 3. The number of carbonyl (C=O) groups excluding carboxylic acids is 1. The van der Waals surface area contributed by atoms with Crippen LogP contribution in [0, 0.1) is 11.3 Å². The fourth-order valence-corrected chi connectivity index (χ4v) is 4.99. The molecule has 1 fully saturated rings. The van der Waals surface area contributed by atoms with E-state index in [2.05, 4.69) is 53.2 Å². The van der Waals surface area contributed by atoms with Gasteiger partial charge >= 0.3 is 0 Å². The molecule has 1 saturated heterocycles. The van der Waals surface area contributed by atoms with Gasteiger partial charge in [0, 0.05) is 60.3 Å². The number of aromatic amines is 1. The summed E-state index contributed by atoms with van der Waals surface area (Å²) in [6.07, 6.45) is 5.69. The van der Waals surface area contributed by atoms with E-state index in [0.717, 1.165) is 53.8 Å². The average Bonchev–Trinajstić information content (AvgIpc) is 3.50. The van der Waals surface area contributed by atoms with Crippen molar-refractivity contribution in [2.75, 3.05) is 18.0 Å². The molecule has 2 aromatic heterocycles. The zero-order valence-electron chi connectivity index (χ0n) is 21.3. The molecule has 1 atom stereocenters. The second-order valence-corrected chi connectivity index (χ2v) is 10.7. The number of aryl methyl sites for hydroxylation is 1. The van der Waals surface area contributed by atoms with Gasteiger partial charge in [0.15, 0.2) is 0 Å². The van der Waals surface area contributed by atoms with E-state index in [1.807, 2.05) is 55.8 Å². The normalized spacial score (nSPS) is 16.2. The van der Waals surface area contributed by atoms with Crippen molar-refractivity contribution in [3.05, 3.63) is 71.5 Å². The Hall–Kier alpha value is -4.05. The molecule has 1 aliphatic heterocycles. The third-order valence-electron chi connectivity index (χ3n) is 7.02. The molecule has 0 spiro atoms. The zero-order valence-corrected chi connectivity index (χ0v) is 21.3. The molecule has 5 rings (SSSR count). The highest BCUT2D eigenvalue weighted by Gasteiger charge is 2.25. The van der Waals surface area contributed by atoms with Gasteiger partial charge in [-0.15, -0.1) is 0 Å². The topological polar surface area (TPSA) is 89.7 Å². The molecule has 36 heavy (non-hydrogen) atoms. The van der Waals surface area contributed by atoms with Crippen molar-refractivity contribution in [1.82, 2.24) is 20.1 Å². The Morgan fingerprint density at radius 3 is 2.64 bits per heavy atom. The number of anilines is 1. The highest BCUT2D eigenvalue weighted by molar-refractivity contribution is 5.99. The number of nitriles is 1. The summed E-state index contributed by atoms with van der Waals surface area (Å²) in [5.74, 6) is -0.0345. The van der Waals surface area contributed by atoms with E-state index in [0.29, 0.717) is 11.1 Å². The summed E-state index contributed by atoms with van der Waals surface area (Å²) in [4.78, 5) is 18.7. The Labute approximate surface area is 211 Å². The smallest absolute Gasteiger partial charge is 0.251 e. The van der Waals surface area contributed by atoms with E-state index >= 15 is 0 Å². The Balaban J connectivity index is 1.37. The summed E-state index contributed by atoms with van der Waals surface area (Å²) in [6.45, 7) is 8.14. The van der Waals surface area contributed by atoms with E-state index in [-0.39, 0.29) is 17.4 Å². The lowest BCUT2D eigenvalue weighted by Gasteiger charge is -2.35. The maximum atomic E-state index is 13.0. The van der Waals surface area contributed by atoms with Crippen LogP contribution in [0.4, 0.5) is 5.69 Å². The number of nitrogens with one attached hydrogen (secondary N) is 2. The van der Waals surface area contributed by atoms with Crippen molar-refractivity contribution in [3.8, 4) is 17.3 Å². The maximum absolute atomic E-state index is 13.0. The van der Waals surface area contributed by atoms with Crippen molar-refractivity contribution in [3.63, 3.8) is 0 Å². The molecule has 184 valence electrons. The molecule has 7 heteroatoms. The molecule has 0 bridgehead atoms. The SMILES string of the molecule is Cn1cc(-c2cc3c(N4CCC[C@@H](NC(=O)c5ccc(C(C)(C)C)cc5)C4)ccc(C#N)c3[nH]2)cn1. The number of piperidine rings is 1. The van der Waals surface area contributed by atoms with Crippen LogP contribution < -0.4 is 10.2 Å². The van der Waals surface area contributed by atoms with Gasteiger partial charge in [-0.1, -0.05) is 32.9 Å². The fraction of sp³-hybridized carbons (Fsp3) is 0.345. The first-order valence-corrected chi connectivity index (χ1v) is 12.4. The number of benzene rings is 2. The van der Waals surface area contributed by atoms with Crippen LogP contribution in [0.1, 0.15) is 55.1 Å². The zero-order chi connectivity index (χ0) is 25.4. The third kappa shape index (κ3) is 4.59. The predicted molar refractivity (Wildman–Crippen MR) is 143 cm³/mol. The number of hydrogen-bond donors (Lipinski definition) is 2. The van der Waals surface area contributed by atoms with Gasteiger partial charge in [0.25, 0.3) is 5.91 Å². The lowest BCUT2D eigenvalue weighted by atomic mass is 9.86. The molecule has 0 aliphatic carbocycles. The van der Waals surface area contributed by atoms with Crippen LogP contribution in [-0.2, 0) is 12.5 Å². The molecular formula is C29H32N6O. The molecule has 0 radical (unpaired) electrons. The number of rotatable bonds is 4. The summed E-state index contributed by atoms with van der Waals surface area (Å²) < 4.78 is 1.77. The number of H-pyrrole nitrogens is 1. The number of hydrogen-bond acceptors (Lipinski definition) is 4. The maximum Gasteiger partial charge on any atom is 0.251 e. The minimum absolute atomic E-state index is 0.0345. The van der Waals surface area contributed by atoms with E-state index in [1.165, 1.54) is 5.56 Å². The molecule has 3 heterocycles. The van der Waals surface area contributed by atoms with Gasteiger partial charge in [0.1, 0.15) is 6.07 Å². The van der Waals surface area contributed by atoms with Gasteiger partial charge in [-0.3, -0.25) is 9.48 Å². The molecule has 2 aromatic carbocycles. The number of carbonyl (C=O) groups is 1. The van der Waals surface area contributed by atoms with Gasteiger partial charge in [0.2, 0.25) is 0 Å². The second kappa shape index (κ2) is 9.19. The summed E-state index contributed by atoms with van der Waals surface area (Å²) in [5.41, 5.74) is 6.39. The Morgan fingerprint density at radius 1 is 1.19 bits per heavy atom. The molecule has 1 aliphatic rings. The first kappa shape index (κ1) is 23.7. The third-order valence-corrected chi connectivity index (χ3v) is 7.02. The highest BCUT2D eigenvalue weighted by Crippen LogP contribution is 2.34. The Bertz CT molecular complexity index is 1450. The second-order valence-electron chi connectivity index (χ2n) is 10.7. The number of amides is 1. The first-order valence-electron chi connectivity index (χ1n) is 12.4. The van der Waals surface area contributed by atoms with Crippen LogP contribution in [0.2, 0.25) is 0 Å². The van der Waals surface area contributed by atoms with Crippen LogP contribution in [0.15, 0.2) is 54.9 Å². The van der Waals surface area contributed by atoms with Crippen molar-refractivity contribution in [2.45, 2.75) is 45.1 Å². The largest absolute Gasteiger partial charge is 0.369 e. The summed E-state index contributed by atoms with van der Waals surface area (Å²) in [5, 5.41) is 18.2. The summed E-state index contributed by atoms with van der Waals surface area (Å²) >= 11 is 0. The van der Waals surface area contributed by atoms with E-state index in [1.54, 1.807) is 4.68 Å². The van der Waals surface area contributed by atoms with Gasteiger partial charge in [0.05, 0.1) is 17.3 Å². The molecule has 7 nitrogen and oxygen atoms in total. The molecule has 4 aromatic rings. The van der Waals surface area contributed by atoms with Crippen LogP contribution >= 0.6 is 0 Å². The highest BCUT2D eigenvalue weighted by atomic mass is 16.1. The minimum atomic E-state index is -0.0345. The quantitative estimate of drug-likeness (QED) is 0.423. The van der Waals surface area contributed by atoms with Crippen LogP contribution in [-0.4, -0.2) is 39.8 Å².